The van der Waals surface area contributed by atoms with E-state index in [4.69, 9.17) is 15.2 Å². The van der Waals surface area contributed by atoms with Crippen molar-refractivity contribution < 1.29 is 14.3 Å². The third-order valence-electron chi connectivity index (χ3n) is 3.46. The van der Waals surface area contributed by atoms with Crippen LogP contribution in [0.4, 0.5) is 0 Å². The number of methoxy groups -OCH3 is 1. The summed E-state index contributed by atoms with van der Waals surface area (Å²) in [6.07, 6.45) is 1.76. The van der Waals surface area contributed by atoms with Crippen molar-refractivity contribution in [2.24, 2.45) is 5.73 Å². The SMILES string of the molecule is COc1c(C(N)=O)nc(C2CCOCC2)c2s[c]nc12. The molecule has 105 valence electrons. The maximum absolute atomic E-state index is 11.6. The van der Waals surface area contributed by atoms with Gasteiger partial charge in [-0.15, -0.1) is 11.3 Å². The zero-order chi connectivity index (χ0) is 14.1. The van der Waals surface area contributed by atoms with E-state index in [1.807, 2.05) is 0 Å². The van der Waals surface area contributed by atoms with Gasteiger partial charge in [0.1, 0.15) is 5.52 Å². The van der Waals surface area contributed by atoms with Gasteiger partial charge in [-0.05, 0) is 12.8 Å². The lowest BCUT2D eigenvalue weighted by atomic mass is 9.95. The number of carbonyl (C=O) groups is 1. The molecular weight excluding hydrogens is 278 g/mol. The summed E-state index contributed by atoms with van der Waals surface area (Å²) in [5, 5.41) is 0. The number of nitrogens with zero attached hydrogens (tertiary/aromatic N) is 2. The molecule has 2 N–H and O–H groups in total. The Labute approximate surface area is 119 Å². The third kappa shape index (κ3) is 2.12. The van der Waals surface area contributed by atoms with Gasteiger partial charge in [0.15, 0.2) is 17.0 Å². The van der Waals surface area contributed by atoms with Crippen molar-refractivity contribution in [2.45, 2.75) is 18.8 Å². The van der Waals surface area contributed by atoms with Crippen LogP contribution in [-0.4, -0.2) is 36.2 Å². The third-order valence-corrected chi connectivity index (χ3v) is 4.25. The van der Waals surface area contributed by atoms with Crippen LogP contribution >= 0.6 is 11.3 Å². The Morgan fingerprint density at radius 2 is 2.25 bits per heavy atom. The number of nitrogens with two attached hydrogens (primary N) is 1. The Hall–Kier alpha value is -1.73. The summed E-state index contributed by atoms with van der Waals surface area (Å²) in [6, 6.07) is 0. The van der Waals surface area contributed by atoms with E-state index in [0.29, 0.717) is 24.5 Å². The van der Waals surface area contributed by atoms with Gasteiger partial charge in [0.05, 0.1) is 17.5 Å². The lowest BCUT2D eigenvalue weighted by Gasteiger charge is -2.22. The Balaban J connectivity index is 2.20. The lowest BCUT2D eigenvalue weighted by Crippen LogP contribution is -2.19. The van der Waals surface area contributed by atoms with Crippen molar-refractivity contribution in [1.29, 1.82) is 0 Å². The number of hydrogen-bond donors (Lipinski definition) is 1. The van der Waals surface area contributed by atoms with Gasteiger partial charge >= 0.3 is 0 Å². The van der Waals surface area contributed by atoms with Gasteiger partial charge < -0.3 is 15.2 Å². The second-order valence-corrected chi connectivity index (χ2v) is 5.41. The van der Waals surface area contributed by atoms with Crippen LogP contribution in [0.2, 0.25) is 0 Å². The van der Waals surface area contributed by atoms with E-state index in [1.165, 1.54) is 18.4 Å². The number of aromatic nitrogens is 2. The molecule has 2 aromatic rings. The molecule has 0 atom stereocenters. The Kier molecular flexibility index (Phi) is 3.54. The van der Waals surface area contributed by atoms with E-state index >= 15 is 0 Å². The second-order valence-electron chi connectivity index (χ2n) is 4.61. The van der Waals surface area contributed by atoms with Gasteiger partial charge in [0.2, 0.25) is 0 Å². The standard InChI is InChI=1S/C13H14N3O3S/c1-18-11-9-12(20-6-15-9)8(16-10(11)13(14)17)7-2-4-19-5-3-7/h7H,2-5H2,1H3,(H2,14,17). The van der Waals surface area contributed by atoms with Gasteiger partial charge in [-0.1, -0.05) is 0 Å². The summed E-state index contributed by atoms with van der Waals surface area (Å²) in [4.78, 5) is 20.2. The number of primary amides is 1. The van der Waals surface area contributed by atoms with Gasteiger partial charge in [0.25, 0.3) is 5.91 Å². The minimum absolute atomic E-state index is 0.140. The predicted octanol–water partition coefficient (Wildman–Crippen LogP) is 1.49. The highest BCUT2D eigenvalue weighted by Crippen LogP contribution is 2.37. The Bertz CT molecular complexity index is 650. The van der Waals surface area contributed by atoms with Crippen LogP contribution in [0.5, 0.6) is 5.75 Å². The zero-order valence-corrected chi connectivity index (χ0v) is 11.8. The summed E-state index contributed by atoms with van der Waals surface area (Å²) in [7, 11) is 1.48. The molecule has 2 aromatic heterocycles. The molecule has 1 radical (unpaired) electrons. The van der Waals surface area contributed by atoms with Crippen LogP contribution in [0.3, 0.4) is 0 Å². The maximum Gasteiger partial charge on any atom is 0.271 e. The number of fused-ring (bicyclic) bond motifs is 1. The average Bonchev–Trinajstić information content (AvgIpc) is 2.95. The molecule has 0 unspecified atom stereocenters. The fourth-order valence-corrected chi connectivity index (χ4v) is 3.26. The minimum atomic E-state index is -0.606. The Morgan fingerprint density at radius 1 is 1.50 bits per heavy atom. The van der Waals surface area contributed by atoms with Crippen molar-refractivity contribution in [1.82, 2.24) is 9.97 Å². The van der Waals surface area contributed by atoms with E-state index in [0.717, 1.165) is 23.2 Å². The minimum Gasteiger partial charge on any atom is -0.492 e. The van der Waals surface area contributed by atoms with Crippen LogP contribution in [0.1, 0.15) is 34.9 Å². The number of carbonyl (C=O) groups excluding carboxylic acids is 1. The first-order chi connectivity index (χ1) is 9.72. The molecule has 0 aromatic carbocycles. The molecule has 1 aliphatic rings. The molecule has 0 aliphatic carbocycles. The summed E-state index contributed by atoms with van der Waals surface area (Å²) < 4.78 is 11.5. The lowest BCUT2D eigenvalue weighted by molar-refractivity contribution is 0.0847. The number of ether oxygens (including phenoxy) is 2. The first kappa shape index (κ1) is 13.3. The molecule has 3 heterocycles. The van der Waals surface area contributed by atoms with E-state index in [1.54, 1.807) is 0 Å². The fraction of sp³-hybridized carbons (Fsp3) is 0.462. The molecule has 6 nitrogen and oxygen atoms in total. The van der Waals surface area contributed by atoms with Crippen molar-refractivity contribution >= 4 is 27.5 Å². The van der Waals surface area contributed by atoms with E-state index in [-0.39, 0.29) is 11.6 Å². The number of hydrogen-bond acceptors (Lipinski definition) is 6. The summed E-state index contributed by atoms with van der Waals surface area (Å²) in [6.45, 7) is 1.41. The molecule has 0 saturated carbocycles. The highest BCUT2D eigenvalue weighted by Gasteiger charge is 2.26. The smallest absolute Gasteiger partial charge is 0.271 e. The monoisotopic (exact) mass is 292 g/mol. The largest absolute Gasteiger partial charge is 0.492 e. The molecule has 7 heteroatoms. The molecule has 3 rings (SSSR count). The van der Waals surface area contributed by atoms with Crippen molar-refractivity contribution in [2.75, 3.05) is 20.3 Å². The van der Waals surface area contributed by atoms with Crippen LogP contribution in [-0.2, 0) is 4.74 Å². The van der Waals surface area contributed by atoms with Gasteiger partial charge in [-0.2, -0.15) is 0 Å². The number of rotatable bonds is 3. The maximum atomic E-state index is 11.6. The summed E-state index contributed by atoms with van der Waals surface area (Å²) in [5.74, 6) is -0.0185. The predicted molar refractivity (Wildman–Crippen MR) is 74.1 cm³/mol. The molecule has 1 amide bonds. The van der Waals surface area contributed by atoms with Crippen LogP contribution < -0.4 is 10.5 Å². The van der Waals surface area contributed by atoms with E-state index < -0.39 is 5.91 Å². The van der Waals surface area contributed by atoms with Gasteiger partial charge in [-0.25, -0.2) is 9.97 Å². The fourth-order valence-electron chi connectivity index (χ4n) is 2.48. The zero-order valence-electron chi connectivity index (χ0n) is 11.0. The molecule has 1 aliphatic heterocycles. The highest BCUT2D eigenvalue weighted by molar-refractivity contribution is 7.16. The van der Waals surface area contributed by atoms with Gasteiger partial charge in [0, 0.05) is 19.1 Å². The van der Waals surface area contributed by atoms with Crippen molar-refractivity contribution in [3.63, 3.8) is 0 Å². The molecule has 0 bridgehead atoms. The van der Waals surface area contributed by atoms with Crippen LogP contribution in [0.25, 0.3) is 10.2 Å². The first-order valence-electron chi connectivity index (χ1n) is 6.34. The molecule has 1 saturated heterocycles. The average molecular weight is 292 g/mol. The molecule has 0 spiro atoms. The number of amides is 1. The molecular formula is C13H14N3O3S. The first-order valence-corrected chi connectivity index (χ1v) is 7.16. The molecule has 20 heavy (non-hydrogen) atoms. The number of thiazole rings is 1. The quantitative estimate of drug-likeness (QED) is 0.926. The normalized spacial score (nSPS) is 16.4. The van der Waals surface area contributed by atoms with E-state index in [9.17, 15) is 4.79 Å². The Morgan fingerprint density at radius 3 is 2.90 bits per heavy atom. The molecule has 1 fully saturated rings. The highest BCUT2D eigenvalue weighted by atomic mass is 32.1. The van der Waals surface area contributed by atoms with E-state index in [2.05, 4.69) is 15.5 Å². The van der Waals surface area contributed by atoms with Gasteiger partial charge in [-0.3, -0.25) is 4.79 Å². The topological polar surface area (TPSA) is 87.3 Å². The summed E-state index contributed by atoms with van der Waals surface area (Å²) >= 11 is 1.39. The van der Waals surface area contributed by atoms with Crippen LogP contribution in [0, 0.1) is 5.51 Å². The van der Waals surface area contributed by atoms with Crippen LogP contribution in [0.15, 0.2) is 0 Å². The van der Waals surface area contributed by atoms with Crippen molar-refractivity contribution in [3.05, 3.63) is 16.9 Å². The summed E-state index contributed by atoms with van der Waals surface area (Å²) in [5.41, 5.74) is 9.87. The second kappa shape index (κ2) is 5.34. The number of pyridine rings is 1. The van der Waals surface area contributed by atoms with Crippen molar-refractivity contribution in [3.8, 4) is 5.75 Å².